The van der Waals surface area contributed by atoms with Crippen LogP contribution in [0.5, 0.6) is 0 Å². The molecule has 0 atom stereocenters. The van der Waals surface area contributed by atoms with E-state index in [9.17, 15) is 0 Å². The first kappa shape index (κ1) is 11.9. The van der Waals surface area contributed by atoms with Crippen molar-refractivity contribution in [2.24, 2.45) is 0 Å². The van der Waals surface area contributed by atoms with Gasteiger partial charge in [-0.2, -0.15) is 0 Å². The maximum atomic E-state index is 3.42. The molecule has 1 nitrogen and oxygen atoms in total. The van der Waals surface area contributed by atoms with Crippen molar-refractivity contribution in [3.05, 3.63) is 78.2 Å². The number of rotatable bonds is 6. The summed E-state index contributed by atoms with van der Waals surface area (Å²) in [5, 5.41) is 3.42. The van der Waals surface area contributed by atoms with Gasteiger partial charge in [0.2, 0.25) is 0 Å². The lowest BCUT2D eigenvalue weighted by Crippen LogP contribution is -2.15. The van der Waals surface area contributed by atoms with Gasteiger partial charge in [0, 0.05) is 6.54 Å². The zero-order valence-electron chi connectivity index (χ0n) is 9.97. The lowest BCUT2D eigenvalue weighted by molar-refractivity contribution is 0.725. The summed E-state index contributed by atoms with van der Waals surface area (Å²) in [4.78, 5) is 0. The second-order valence-electron chi connectivity index (χ2n) is 4.09. The van der Waals surface area contributed by atoms with Gasteiger partial charge in [-0.25, -0.2) is 0 Å². The van der Waals surface area contributed by atoms with E-state index < -0.39 is 0 Å². The van der Waals surface area contributed by atoms with Gasteiger partial charge in [-0.3, -0.25) is 0 Å². The molecule has 0 heterocycles. The van der Waals surface area contributed by atoms with Crippen molar-refractivity contribution in [3.63, 3.8) is 0 Å². The predicted molar refractivity (Wildman–Crippen MR) is 72.6 cm³/mol. The van der Waals surface area contributed by atoms with Gasteiger partial charge in [-0.15, -0.1) is 0 Å². The van der Waals surface area contributed by atoms with Crippen molar-refractivity contribution < 1.29 is 0 Å². The molecule has 0 saturated carbocycles. The molecule has 0 aromatic heterocycles. The molecule has 0 bridgehead atoms. The normalized spacial score (nSPS) is 10.4. The molecule has 17 heavy (non-hydrogen) atoms. The Bertz CT molecular complexity index is 367. The summed E-state index contributed by atoms with van der Waals surface area (Å²) < 4.78 is 0. The van der Waals surface area contributed by atoms with Crippen molar-refractivity contribution >= 4 is 0 Å². The van der Waals surface area contributed by atoms with E-state index >= 15 is 0 Å². The minimum absolute atomic E-state index is 0.937. The third-order valence-electron chi connectivity index (χ3n) is 2.68. The van der Waals surface area contributed by atoms with Gasteiger partial charge < -0.3 is 5.32 Å². The van der Waals surface area contributed by atoms with Crippen LogP contribution in [0.4, 0.5) is 0 Å². The highest BCUT2D eigenvalue weighted by atomic mass is 14.8. The fourth-order valence-corrected chi connectivity index (χ4v) is 1.77. The summed E-state index contributed by atoms with van der Waals surface area (Å²) in [5.41, 5.74) is 2.70. The van der Waals surface area contributed by atoms with Crippen LogP contribution in [-0.2, 0) is 13.0 Å². The molecule has 0 aliphatic rings. The fourth-order valence-electron chi connectivity index (χ4n) is 1.77. The van der Waals surface area contributed by atoms with Gasteiger partial charge in [-0.05, 0) is 30.5 Å². The minimum Gasteiger partial charge on any atom is -0.312 e. The molecule has 1 radical (unpaired) electrons. The van der Waals surface area contributed by atoms with E-state index in [1.807, 2.05) is 6.07 Å². The van der Waals surface area contributed by atoms with Gasteiger partial charge in [0.1, 0.15) is 0 Å². The summed E-state index contributed by atoms with van der Waals surface area (Å²) in [5.74, 6) is 0. The van der Waals surface area contributed by atoms with Crippen LogP contribution in [0.2, 0.25) is 0 Å². The standard InChI is InChI=1S/C16H18N/c1-3-8-15(9-4-1)12-7-13-17-14-16-10-5-2-6-11-16/h1-11,17H,12-14H2. The second kappa shape index (κ2) is 6.87. The molecular weight excluding hydrogens is 206 g/mol. The van der Waals surface area contributed by atoms with Crippen LogP contribution in [0.3, 0.4) is 0 Å². The highest BCUT2D eigenvalue weighted by molar-refractivity contribution is 5.17. The molecule has 2 aromatic rings. The lowest BCUT2D eigenvalue weighted by Gasteiger charge is -2.04. The van der Waals surface area contributed by atoms with Crippen LogP contribution < -0.4 is 5.32 Å². The molecular formula is C16H18N. The maximum absolute atomic E-state index is 3.42. The van der Waals surface area contributed by atoms with Crippen molar-refractivity contribution in [2.45, 2.75) is 13.0 Å². The molecule has 87 valence electrons. The Balaban J connectivity index is 1.61. The lowest BCUT2D eigenvalue weighted by atomic mass is 10.1. The topological polar surface area (TPSA) is 12.0 Å². The van der Waals surface area contributed by atoms with Crippen LogP contribution in [0.15, 0.2) is 60.7 Å². The Labute approximate surface area is 103 Å². The summed E-state index contributed by atoms with van der Waals surface area (Å²) in [6.07, 6.45) is 3.31. The van der Waals surface area contributed by atoms with Crippen LogP contribution in [0.1, 0.15) is 11.1 Å². The number of benzene rings is 2. The first-order valence-corrected chi connectivity index (χ1v) is 6.05. The molecule has 0 spiro atoms. The third kappa shape index (κ3) is 4.41. The number of nitrogens with one attached hydrogen (secondary N) is 1. The molecule has 1 heteroatoms. The second-order valence-corrected chi connectivity index (χ2v) is 4.09. The molecule has 0 amide bonds. The summed E-state index contributed by atoms with van der Waals surface area (Å²) in [6, 6.07) is 21.0. The summed E-state index contributed by atoms with van der Waals surface area (Å²) in [7, 11) is 0. The molecule has 0 unspecified atom stereocenters. The van der Waals surface area contributed by atoms with E-state index in [0.29, 0.717) is 0 Å². The Hall–Kier alpha value is -1.60. The highest BCUT2D eigenvalue weighted by Gasteiger charge is 1.93. The molecule has 0 aliphatic heterocycles. The molecule has 2 rings (SSSR count). The molecule has 2 aromatic carbocycles. The SMILES string of the molecule is [CH](CNCc1ccccc1)Cc1ccccc1. The van der Waals surface area contributed by atoms with E-state index in [1.165, 1.54) is 11.1 Å². The van der Waals surface area contributed by atoms with Crippen molar-refractivity contribution in [2.75, 3.05) is 6.54 Å². The van der Waals surface area contributed by atoms with E-state index in [-0.39, 0.29) is 0 Å². The predicted octanol–water partition coefficient (Wildman–Crippen LogP) is 3.22. The Morgan fingerprint density at radius 2 is 1.35 bits per heavy atom. The number of hydrogen-bond acceptors (Lipinski definition) is 1. The minimum atomic E-state index is 0.937. The van der Waals surface area contributed by atoms with E-state index in [1.54, 1.807) is 0 Å². The van der Waals surface area contributed by atoms with Crippen LogP contribution >= 0.6 is 0 Å². The zero-order chi connectivity index (χ0) is 11.8. The van der Waals surface area contributed by atoms with E-state index in [2.05, 4.69) is 66.3 Å². The fraction of sp³-hybridized carbons (Fsp3) is 0.188. The molecule has 0 fully saturated rings. The quantitative estimate of drug-likeness (QED) is 0.743. The van der Waals surface area contributed by atoms with Gasteiger partial charge >= 0.3 is 0 Å². The average Bonchev–Trinajstić information content (AvgIpc) is 2.41. The highest BCUT2D eigenvalue weighted by Crippen LogP contribution is 2.01. The largest absolute Gasteiger partial charge is 0.312 e. The maximum Gasteiger partial charge on any atom is 0.0205 e. The third-order valence-corrected chi connectivity index (χ3v) is 2.68. The first-order chi connectivity index (χ1) is 8.45. The van der Waals surface area contributed by atoms with Crippen molar-refractivity contribution in [1.82, 2.24) is 5.32 Å². The van der Waals surface area contributed by atoms with Gasteiger partial charge in [0.25, 0.3) is 0 Å². The Morgan fingerprint density at radius 1 is 0.765 bits per heavy atom. The smallest absolute Gasteiger partial charge is 0.0205 e. The Kier molecular flexibility index (Phi) is 4.80. The summed E-state index contributed by atoms with van der Waals surface area (Å²) in [6.45, 7) is 1.88. The molecule has 1 N–H and O–H groups in total. The average molecular weight is 224 g/mol. The van der Waals surface area contributed by atoms with Crippen molar-refractivity contribution in [3.8, 4) is 0 Å². The van der Waals surface area contributed by atoms with Gasteiger partial charge in [0.15, 0.2) is 0 Å². The van der Waals surface area contributed by atoms with Crippen LogP contribution in [0, 0.1) is 6.42 Å². The van der Waals surface area contributed by atoms with Crippen LogP contribution in [0.25, 0.3) is 0 Å². The number of hydrogen-bond donors (Lipinski definition) is 1. The summed E-state index contributed by atoms with van der Waals surface area (Å²) >= 11 is 0. The van der Waals surface area contributed by atoms with Crippen LogP contribution in [-0.4, -0.2) is 6.54 Å². The monoisotopic (exact) mass is 224 g/mol. The zero-order valence-corrected chi connectivity index (χ0v) is 9.97. The van der Waals surface area contributed by atoms with Crippen molar-refractivity contribution in [1.29, 1.82) is 0 Å². The van der Waals surface area contributed by atoms with E-state index in [0.717, 1.165) is 19.5 Å². The van der Waals surface area contributed by atoms with Gasteiger partial charge in [-0.1, -0.05) is 60.7 Å². The Morgan fingerprint density at radius 3 is 2.00 bits per heavy atom. The molecule has 0 saturated heterocycles. The first-order valence-electron chi connectivity index (χ1n) is 6.05. The molecule has 0 aliphatic carbocycles. The van der Waals surface area contributed by atoms with Gasteiger partial charge in [0.05, 0.1) is 0 Å². The van der Waals surface area contributed by atoms with E-state index in [4.69, 9.17) is 0 Å².